The van der Waals surface area contributed by atoms with Crippen LogP contribution in [-0.4, -0.2) is 29.0 Å². The van der Waals surface area contributed by atoms with Crippen molar-refractivity contribution in [1.29, 1.82) is 0 Å². The van der Waals surface area contributed by atoms with Crippen molar-refractivity contribution in [2.45, 2.75) is 6.92 Å². The molecule has 2 rings (SSSR count). The minimum Gasteiger partial charge on any atom is -0.399 e. The number of hydrogen-bond acceptors (Lipinski definition) is 5. The van der Waals surface area contributed by atoms with E-state index >= 15 is 0 Å². The first-order valence-electron chi connectivity index (χ1n) is 5.65. The number of rotatable bonds is 4. The van der Waals surface area contributed by atoms with E-state index in [2.05, 4.69) is 20.6 Å². The highest BCUT2D eigenvalue weighted by Gasteiger charge is 2.03. The lowest BCUT2D eigenvalue weighted by Gasteiger charge is -2.08. The molecule has 0 fully saturated rings. The van der Waals surface area contributed by atoms with Crippen LogP contribution in [-0.2, 0) is 4.79 Å². The largest absolute Gasteiger partial charge is 0.399 e. The Labute approximate surface area is 105 Å². The zero-order valence-corrected chi connectivity index (χ0v) is 10.1. The molecule has 0 atom stereocenters. The van der Waals surface area contributed by atoms with Gasteiger partial charge in [-0.25, -0.2) is 9.97 Å². The third-order valence-corrected chi connectivity index (χ3v) is 2.45. The second-order valence-electron chi connectivity index (χ2n) is 3.91. The van der Waals surface area contributed by atoms with E-state index in [-0.39, 0.29) is 5.91 Å². The van der Waals surface area contributed by atoms with Crippen molar-refractivity contribution in [3.05, 3.63) is 24.5 Å². The van der Waals surface area contributed by atoms with E-state index in [1.165, 1.54) is 13.3 Å². The predicted octanol–water partition coefficient (Wildman–Crippen LogP) is 0.760. The van der Waals surface area contributed by atoms with Gasteiger partial charge >= 0.3 is 0 Å². The van der Waals surface area contributed by atoms with Gasteiger partial charge in [-0.1, -0.05) is 0 Å². The number of anilines is 2. The maximum absolute atomic E-state index is 10.7. The average Bonchev–Trinajstić information content (AvgIpc) is 2.34. The molecule has 18 heavy (non-hydrogen) atoms. The summed E-state index contributed by atoms with van der Waals surface area (Å²) in [5, 5.41) is 6.78. The van der Waals surface area contributed by atoms with Crippen molar-refractivity contribution in [3.63, 3.8) is 0 Å². The van der Waals surface area contributed by atoms with E-state index in [4.69, 9.17) is 5.73 Å². The normalized spacial score (nSPS) is 10.3. The molecule has 0 radical (unpaired) electrons. The lowest BCUT2D eigenvalue weighted by molar-refractivity contribution is -0.118. The fourth-order valence-electron chi connectivity index (χ4n) is 1.63. The lowest BCUT2D eigenvalue weighted by atomic mass is 10.2. The summed E-state index contributed by atoms with van der Waals surface area (Å²) in [7, 11) is 0. The summed E-state index contributed by atoms with van der Waals surface area (Å²) in [5.41, 5.74) is 7.17. The highest BCUT2D eigenvalue weighted by atomic mass is 16.1. The van der Waals surface area contributed by atoms with Crippen LogP contribution >= 0.6 is 0 Å². The van der Waals surface area contributed by atoms with Crippen LogP contribution < -0.4 is 16.4 Å². The van der Waals surface area contributed by atoms with Crippen LogP contribution in [0.1, 0.15) is 6.92 Å². The van der Waals surface area contributed by atoms with Crippen molar-refractivity contribution in [1.82, 2.24) is 15.3 Å². The third kappa shape index (κ3) is 2.85. The molecular formula is C12H15N5O. The van der Waals surface area contributed by atoms with E-state index in [9.17, 15) is 4.79 Å². The molecule has 0 unspecified atom stereocenters. The third-order valence-electron chi connectivity index (χ3n) is 2.45. The van der Waals surface area contributed by atoms with Crippen molar-refractivity contribution in [2.24, 2.45) is 0 Å². The summed E-state index contributed by atoms with van der Waals surface area (Å²) in [6.45, 7) is 2.65. The minimum absolute atomic E-state index is 0.0443. The maximum Gasteiger partial charge on any atom is 0.216 e. The number of aromatic nitrogens is 2. The first-order chi connectivity index (χ1) is 8.66. The van der Waals surface area contributed by atoms with Crippen LogP contribution in [0.25, 0.3) is 10.9 Å². The van der Waals surface area contributed by atoms with E-state index in [0.29, 0.717) is 18.8 Å². The van der Waals surface area contributed by atoms with Gasteiger partial charge in [0.1, 0.15) is 12.1 Å². The zero-order valence-electron chi connectivity index (χ0n) is 10.1. The highest BCUT2D eigenvalue weighted by molar-refractivity contribution is 5.90. The molecule has 4 N–H and O–H groups in total. The predicted molar refractivity (Wildman–Crippen MR) is 71.1 cm³/mol. The van der Waals surface area contributed by atoms with Crippen LogP contribution in [0.3, 0.4) is 0 Å². The molecule has 94 valence electrons. The van der Waals surface area contributed by atoms with Crippen LogP contribution in [0.2, 0.25) is 0 Å². The Bertz CT molecular complexity index is 569. The number of nitrogens with two attached hydrogens (primary N) is 1. The molecule has 6 heteroatoms. The zero-order chi connectivity index (χ0) is 13.0. The molecule has 2 aromatic rings. The van der Waals surface area contributed by atoms with Crippen LogP contribution in [0, 0.1) is 0 Å². The van der Waals surface area contributed by atoms with E-state index in [1.807, 2.05) is 12.1 Å². The fourth-order valence-corrected chi connectivity index (χ4v) is 1.63. The number of amides is 1. The van der Waals surface area contributed by atoms with Crippen LogP contribution in [0.4, 0.5) is 11.5 Å². The van der Waals surface area contributed by atoms with Crippen molar-refractivity contribution >= 4 is 28.3 Å². The summed E-state index contributed by atoms with van der Waals surface area (Å²) >= 11 is 0. The van der Waals surface area contributed by atoms with Gasteiger partial charge in [0, 0.05) is 31.1 Å². The van der Waals surface area contributed by atoms with Gasteiger partial charge in [0.15, 0.2) is 0 Å². The second-order valence-corrected chi connectivity index (χ2v) is 3.91. The Balaban J connectivity index is 2.11. The van der Waals surface area contributed by atoms with Crippen molar-refractivity contribution < 1.29 is 4.79 Å². The quantitative estimate of drug-likeness (QED) is 0.546. The molecule has 0 saturated carbocycles. The summed E-state index contributed by atoms with van der Waals surface area (Å²) in [4.78, 5) is 19.1. The number of fused-ring (bicyclic) bond motifs is 1. The molecule has 0 aliphatic rings. The van der Waals surface area contributed by atoms with Crippen LogP contribution in [0.15, 0.2) is 24.5 Å². The molecule has 6 nitrogen and oxygen atoms in total. The molecule has 1 aromatic carbocycles. The van der Waals surface area contributed by atoms with E-state index in [0.717, 1.165) is 16.7 Å². The van der Waals surface area contributed by atoms with E-state index < -0.39 is 0 Å². The fraction of sp³-hybridized carbons (Fsp3) is 0.250. The van der Waals surface area contributed by atoms with E-state index in [1.54, 1.807) is 6.07 Å². The number of nitrogens with zero attached hydrogens (tertiary/aromatic N) is 2. The molecule has 0 bridgehead atoms. The molecule has 0 aliphatic heterocycles. The molecule has 1 heterocycles. The van der Waals surface area contributed by atoms with Gasteiger partial charge < -0.3 is 16.4 Å². The molecule has 1 aromatic heterocycles. The Morgan fingerprint density at radius 3 is 2.94 bits per heavy atom. The summed E-state index contributed by atoms with van der Waals surface area (Å²) in [6.07, 6.45) is 1.49. The van der Waals surface area contributed by atoms with Crippen LogP contribution in [0.5, 0.6) is 0 Å². The monoisotopic (exact) mass is 245 g/mol. The van der Waals surface area contributed by atoms with Crippen molar-refractivity contribution in [2.75, 3.05) is 24.1 Å². The topological polar surface area (TPSA) is 92.9 Å². The second kappa shape index (κ2) is 5.31. The summed E-state index contributed by atoms with van der Waals surface area (Å²) in [5.74, 6) is 0.697. The SMILES string of the molecule is CC(=O)NCCNc1ncnc2cc(N)ccc12. The highest BCUT2D eigenvalue weighted by Crippen LogP contribution is 2.20. The molecule has 0 spiro atoms. The van der Waals surface area contributed by atoms with Gasteiger partial charge in [0.05, 0.1) is 5.52 Å². The van der Waals surface area contributed by atoms with Gasteiger partial charge in [-0.3, -0.25) is 4.79 Å². The Morgan fingerprint density at radius 2 is 2.17 bits per heavy atom. The maximum atomic E-state index is 10.7. The Kier molecular flexibility index (Phi) is 3.57. The van der Waals surface area contributed by atoms with Gasteiger partial charge in [-0.2, -0.15) is 0 Å². The van der Waals surface area contributed by atoms with Gasteiger partial charge in [0.2, 0.25) is 5.91 Å². The minimum atomic E-state index is -0.0443. The number of hydrogen-bond donors (Lipinski definition) is 3. The number of nitrogen functional groups attached to an aromatic ring is 1. The molecule has 0 saturated heterocycles. The smallest absolute Gasteiger partial charge is 0.216 e. The molecular weight excluding hydrogens is 230 g/mol. The number of carbonyl (C=O) groups excluding carboxylic acids is 1. The summed E-state index contributed by atoms with van der Waals surface area (Å²) < 4.78 is 0. The number of nitrogens with one attached hydrogen (secondary N) is 2. The lowest BCUT2D eigenvalue weighted by Crippen LogP contribution is -2.26. The molecule has 0 aliphatic carbocycles. The first-order valence-corrected chi connectivity index (χ1v) is 5.65. The van der Waals surface area contributed by atoms with Gasteiger partial charge in [-0.05, 0) is 18.2 Å². The Hall–Kier alpha value is -2.37. The summed E-state index contributed by atoms with van der Waals surface area (Å²) in [6, 6.07) is 5.49. The van der Waals surface area contributed by atoms with Gasteiger partial charge in [0.25, 0.3) is 0 Å². The first kappa shape index (κ1) is 12.1. The number of benzene rings is 1. The standard InChI is InChI=1S/C12H15N5O/c1-8(18)14-4-5-15-12-10-3-2-9(13)6-11(10)16-7-17-12/h2-3,6-7H,4-5,13H2,1H3,(H,14,18)(H,15,16,17). The van der Waals surface area contributed by atoms with Crippen molar-refractivity contribution in [3.8, 4) is 0 Å². The Morgan fingerprint density at radius 1 is 1.33 bits per heavy atom. The van der Waals surface area contributed by atoms with Gasteiger partial charge in [-0.15, -0.1) is 0 Å². The number of carbonyl (C=O) groups is 1. The average molecular weight is 245 g/mol. The molecule has 1 amide bonds.